The van der Waals surface area contributed by atoms with Crippen LogP contribution < -0.4 is 10.1 Å². The van der Waals surface area contributed by atoms with Crippen molar-refractivity contribution in [3.63, 3.8) is 0 Å². The number of fused-ring (bicyclic) bond motifs is 1. The van der Waals surface area contributed by atoms with Gasteiger partial charge < -0.3 is 19.4 Å². The Balaban J connectivity index is 1.51. The highest BCUT2D eigenvalue weighted by atomic mass is 16.5. The first-order valence-electron chi connectivity index (χ1n) is 11.7. The van der Waals surface area contributed by atoms with Gasteiger partial charge in [0.15, 0.2) is 0 Å². The summed E-state index contributed by atoms with van der Waals surface area (Å²) in [6, 6.07) is 15.5. The number of hydrogen-bond donors (Lipinski definition) is 1. The van der Waals surface area contributed by atoms with Crippen LogP contribution in [0, 0.1) is 18.8 Å². The predicted molar refractivity (Wildman–Crippen MR) is 128 cm³/mol. The summed E-state index contributed by atoms with van der Waals surface area (Å²) in [6.45, 7) is 8.13. The molecule has 1 fully saturated rings. The van der Waals surface area contributed by atoms with Crippen molar-refractivity contribution in [3.05, 3.63) is 65.4 Å². The molecule has 1 aliphatic rings. The standard InChI is InChI=1S/C27H32N2O4/c1-18(2)15-28-26(30)21-10-7-13-29(16-21)27(31)25-19(3)33-24-12-11-22(14-23(24)25)32-17-20-8-5-4-6-9-20/h4-6,8-9,11-12,14,18,21H,7,10,13,15-17H2,1-3H3,(H,28,30). The van der Waals surface area contributed by atoms with Gasteiger partial charge in [0.2, 0.25) is 5.91 Å². The van der Waals surface area contributed by atoms with Crippen LogP contribution in [0.3, 0.4) is 0 Å². The van der Waals surface area contributed by atoms with Crippen LogP contribution in [0.5, 0.6) is 5.75 Å². The van der Waals surface area contributed by atoms with E-state index in [-0.39, 0.29) is 17.7 Å². The molecule has 0 radical (unpaired) electrons. The summed E-state index contributed by atoms with van der Waals surface area (Å²) >= 11 is 0. The van der Waals surface area contributed by atoms with Gasteiger partial charge in [-0.05, 0) is 49.4 Å². The normalized spacial score (nSPS) is 16.2. The topological polar surface area (TPSA) is 71.8 Å². The molecule has 0 spiro atoms. The summed E-state index contributed by atoms with van der Waals surface area (Å²) in [7, 11) is 0. The fraction of sp³-hybridized carbons (Fsp3) is 0.407. The maximum Gasteiger partial charge on any atom is 0.258 e. The lowest BCUT2D eigenvalue weighted by Gasteiger charge is -2.32. The largest absolute Gasteiger partial charge is 0.489 e. The van der Waals surface area contributed by atoms with Crippen LogP contribution in [0.2, 0.25) is 0 Å². The van der Waals surface area contributed by atoms with Crippen LogP contribution in [0.1, 0.15) is 48.4 Å². The molecular weight excluding hydrogens is 416 g/mol. The first-order valence-corrected chi connectivity index (χ1v) is 11.7. The minimum atomic E-state index is -0.176. The molecule has 1 unspecified atom stereocenters. The highest BCUT2D eigenvalue weighted by Crippen LogP contribution is 2.31. The molecule has 0 bridgehead atoms. The van der Waals surface area contributed by atoms with E-state index in [4.69, 9.17) is 9.15 Å². The zero-order chi connectivity index (χ0) is 23.4. The summed E-state index contributed by atoms with van der Waals surface area (Å²) in [5.41, 5.74) is 2.29. The first kappa shape index (κ1) is 22.9. The highest BCUT2D eigenvalue weighted by Gasteiger charge is 2.31. The molecule has 1 aliphatic heterocycles. The third kappa shape index (κ3) is 5.38. The van der Waals surface area contributed by atoms with Gasteiger partial charge in [0.25, 0.3) is 5.91 Å². The molecule has 4 rings (SSSR count). The number of carbonyl (C=O) groups excluding carboxylic acids is 2. The number of aryl methyl sites for hydroxylation is 1. The summed E-state index contributed by atoms with van der Waals surface area (Å²) in [6.07, 6.45) is 1.61. The third-order valence-corrected chi connectivity index (χ3v) is 6.06. The fourth-order valence-corrected chi connectivity index (χ4v) is 4.28. The maximum absolute atomic E-state index is 13.5. The molecule has 0 saturated carbocycles. The van der Waals surface area contributed by atoms with Crippen LogP contribution in [-0.4, -0.2) is 36.3 Å². The first-order chi connectivity index (χ1) is 15.9. The van der Waals surface area contributed by atoms with E-state index in [0.717, 1.165) is 23.8 Å². The fourth-order valence-electron chi connectivity index (χ4n) is 4.28. The SMILES string of the molecule is Cc1oc2ccc(OCc3ccccc3)cc2c1C(=O)N1CCCC(C(=O)NCC(C)C)C1. The molecule has 1 atom stereocenters. The number of carbonyl (C=O) groups is 2. The molecule has 2 aromatic carbocycles. The van der Waals surface area contributed by atoms with Crippen molar-refractivity contribution in [2.45, 2.75) is 40.2 Å². The maximum atomic E-state index is 13.5. The number of hydrogen-bond acceptors (Lipinski definition) is 4. The minimum Gasteiger partial charge on any atom is -0.489 e. The summed E-state index contributed by atoms with van der Waals surface area (Å²) < 4.78 is 11.9. The Morgan fingerprint density at radius 1 is 1.18 bits per heavy atom. The number of furan rings is 1. The van der Waals surface area contributed by atoms with Gasteiger partial charge in [0, 0.05) is 25.0 Å². The van der Waals surface area contributed by atoms with Gasteiger partial charge in [-0.2, -0.15) is 0 Å². The summed E-state index contributed by atoms with van der Waals surface area (Å²) in [5.74, 6) is 1.44. The summed E-state index contributed by atoms with van der Waals surface area (Å²) in [5, 5.41) is 3.75. The van der Waals surface area contributed by atoms with Crippen molar-refractivity contribution < 1.29 is 18.7 Å². The molecule has 1 aromatic heterocycles. The minimum absolute atomic E-state index is 0.0339. The molecule has 6 heteroatoms. The number of benzene rings is 2. The zero-order valence-corrected chi connectivity index (χ0v) is 19.6. The molecule has 3 aromatic rings. The lowest BCUT2D eigenvalue weighted by Crippen LogP contribution is -2.46. The van der Waals surface area contributed by atoms with Gasteiger partial charge in [0.1, 0.15) is 23.7 Å². The van der Waals surface area contributed by atoms with Crippen molar-refractivity contribution >= 4 is 22.8 Å². The van der Waals surface area contributed by atoms with E-state index in [0.29, 0.717) is 54.8 Å². The van der Waals surface area contributed by atoms with Crippen molar-refractivity contribution in [2.75, 3.05) is 19.6 Å². The molecule has 1 N–H and O–H groups in total. The van der Waals surface area contributed by atoms with Gasteiger partial charge in [-0.25, -0.2) is 0 Å². The van der Waals surface area contributed by atoms with E-state index in [2.05, 4.69) is 19.2 Å². The zero-order valence-electron chi connectivity index (χ0n) is 19.6. The molecule has 2 amide bonds. The molecule has 33 heavy (non-hydrogen) atoms. The van der Waals surface area contributed by atoms with Crippen LogP contribution in [-0.2, 0) is 11.4 Å². The molecule has 174 valence electrons. The Labute approximate surface area is 194 Å². The van der Waals surface area contributed by atoms with Gasteiger partial charge in [-0.3, -0.25) is 9.59 Å². The number of rotatable bonds is 7. The molecular formula is C27H32N2O4. The number of likely N-dealkylation sites (tertiary alicyclic amines) is 1. The van der Waals surface area contributed by atoms with E-state index in [9.17, 15) is 9.59 Å². The van der Waals surface area contributed by atoms with E-state index < -0.39 is 0 Å². The van der Waals surface area contributed by atoms with Gasteiger partial charge in [-0.15, -0.1) is 0 Å². The number of nitrogens with one attached hydrogen (secondary N) is 1. The van der Waals surface area contributed by atoms with E-state index in [1.165, 1.54) is 0 Å². The van der Waals surface area contributed by atoms with Crippen LogP contribution >= 0.6 is 0 Å². The highest BCUT2D eigenvalue weighted by molar-refractivity contribution is 6.07. The molecule has 2 heterocycles. The smallest absolute Gasteiger partial charge is 0.258 e. The van der Waals surface area contributed by atoms with Gasteiger partial charge >= 0.3 is 0 Å². The van der Waals surface area contributed by atoms with Gasteiger partial charge in [-0.1, -0.05) is 44.2 Å². The number of amides is 2. The van der Waals surface area contributed by atoms with E-state index in [1.54, 1.807) is 4.90 Å². The Bertz CT molecular complexity index is 1120. The second-order valence-electron chi connectivity index (χ2n) is 9.19. The lowest BCUT2D eigenvalue weighted by molar-refractivity contribution is -0.126. The second-order valence-corrected chi connectivity index (χ2v) is 9.19. The van der Waals surface area contributed by atoms with Crippen LogP contribution in [0.25, 0.3) is 11.0 Å². The quantitative estimate of drug-likeness (QED) is 0.555. The summed E-state index contributed by atoms with van der Waals surface area (Å²) in [4.78, 5) is 27.9. The van der Waals surface area contributed by atoms with E-state index >= 15 is 0 Å². The molecule has 0 aliphatic carbocycles. The molecule has 1 saturated heterocycles. The van der Waals surface area contributed by atoms with Crippen molar-refractivity contribution in [3.8, 4) is 5.75 Å². The second kappa shape index (κ2) is 10.1. The predicted octanol–water partition coefficient (Wildman–Crippen LogP) is 4.94. The van der Waals surface area contributed by atoms with E-state index in [1.807, 2.05) is 55.5 Å². The number of piperidine rings is 1. The van der Waals surface area contributed by atoms with Crippen LogP contribution in [0.4, 0.5) is 0 Å². The Morgan fingerprint density at radius 3 is 2.73 bits per heavy atom. The average molecular weight is 449 g/mol. The van der Waals surface area contributed by atoms with Crippen molar-refractivity contribution in [1.29, 1.82) is 0 Å². The monoisotopic (exact) mass is 448 g/mol. The lowest BCUT2D eigenvalue weighted by atomic mass is 9.96. The molecule has 6 nitrogen and oxygen atoms in total. The average Bonchev–Trinajstić information content (AvgIpc) is 3.16. The van der Waals surface area contributed by atoms with Crippen LogP contribution in [0.15, 0.2) is 52.9 Å². The Kier molecular flexibility index (Phi) is 7.02. The third-order valence-electron chi connectivity index (χ3n) is 6.06. The van der Waals surface area contributed by atoms with Crippen molar-refractivity contribution in [2.24, 2.45) is 11.8 Å². The number of ether oxygens (including phenoxy) is 1. The van der Waals surface area contributed by atoms with Crippen molar-refractivity contribution in [1.82, 2.24) is 10.2 Å². The Morgan fingerprint density at radius 2 is 1.97 bits per heavy atom. The van der Waals surface area contributed by atoms with Gasteiger partial charge in [0.05, 0.1) is 11.5 Å². The number of nitrogens with zero attached hydrogens (tertiary/aromatic N) is 1. The Hall–Kier alpha value is -3.28.